The lowest BCUT2D eigenvalue weighted by molar-refractivity contribution is 1.12. The van der Waals surface area contributed by atoms with Crippen molar-refractivity contribution in [2.75, 3.05) is 6.26 Å². The largest absolute Gasteiger partial charge is 0.133 e. The molecular formula is C7H13ClS. The Labute approximate surface area is 66.7 Å². The Balaban J connectivity index is 4.01. The van der Waals surface area contributed by atoms with Crippen LogP contribution in [-0.2, 0) is 0 Å². The zero-order chi connectivity index (χ0) is 7.28. The topological polar surface area (TPSA) is 0 Å². The summed E-state index contributed by atoms with van der Waals surface area (Å²) >= 11 is 7.64. The van der Waals surface area contributed by atoms with Gasteiger partial charge in [0.1, 0.15) is 0 Å². The minimum absolute atomic E-state index is 0.964. The van der Waals surface area contributed by atoms with Gasteiger partial charge in [-0.15, -0.1) is 11.8 Å². The van der Waals surface area contributed by atoms with Crippen molar-refractivity contribution in [3.8, 4) is 0 Å². The van der Waals surface area contributed by atoms with Gasteiger partial charge in [0.05, 0.1) is 0 Å². The molecule has 0 amide bonds. The van der Waals surface area contributed by atoms with Crippen molar-refractivity contribution in [3.05, 3.63) is 9.94 Å². The van der Waals surface area contributed by atoms with Crippen molar-refractivity contribution in [2.24, 2.45) is 0 Å². The molecule has 0 bridgehead atoms. The normalized spacial score (nSPS) is 13.3. The summed E-state index contributed by atoms with van der Waals surface area (Å²) in [6.07, 6.45) is 4.09. The lowest BCUT2D eigenvalue weighted by Gasteiger charge is -2.01. The summed E-state index contributed by atoms with van der Waals surface area (Å²) in [6.45, 7) is 4.21. The van der Waals surface area contributed by atoms with Gasteiger partial charge in [0.25, 0.3) is 0 Å². The Kier molecular flexibility index (Phi) is 5.41. The predicted octanol–water partition coefficient (Wildman–Crippen LogP) is 3.62. The van der Waals surface area contributed by atoms with Crippen molar-refractivity contribution in [1.29, 1.82) is 0 Å². The van der Waals surface area contributed by atoms with Crippen LogP contribution in [0.15, 0.2) is 9.94 Å². The SMILES string of the molecule is CCC(Cl)=C(CC)SC. The van der Waals surface area contributed by atoms with Gasteiger partial charge in [-0.05, 0) is 24.0 Å². The minimum Gasteiger partial charge on any atom is -0.133 e. The van der Waals surface area contributed by atoms with Gasteiger partial charge in [-0.1, -0.05) is 25.4 Å². The van der Waals surface area contributed by atoms with Gasteiger partial charge in [0, 0.05) is 5.03 Å². The van der Waals surface area contributed by atoms with Gasteiger partial charge in [-0.2, -0.15) is 0 Å². The molecule has 0 heterocycles. The van der Waals surface area contributed by atoms with Crippen LogP contribution in [0.25, 0.3) is 0 Å². The summed E-state index contributed by atoms with van der Waals surface area (Å²) < 4.78 is 0. The molecule has 0 aromatic carbocycles. The molecule has 0 radical (unpaired) electrons. The Bertz CT molecular complexity index is 101. The Morgan fingerprint density at radius 2 is 1.89 bits per heavy atom. The fraction of sp³-hybridized carbons (Fsp3) is 0.714. The van der Waals surface area contributed by atoms with E-state index in [2.05, 4.69) is 20.1 Å². The maximum atomic E-state index is 5.89. The lowest BCUT2D eigenvalue weighted by atomic mass is 10.3. The van der Waals surface area contributed by atoms with Gasteiger partial charge >= 0.3 is 0 Å². The molecule has 9 heavy (non-hydrogen) atoms. The number of thioether (sulfide) groups is 1. The van der Waals surface area contributed by atoms with Crippen molar-refractivity contribution in [1.82, 2.24) is 0 Å². The third-order valence-electron chi connectivity index (χ3n) is 1.18. The number of halogens is 1. The molecule has 0 aliphatic carbocycles. The number of allylic oxidation sites excluding steroid dienone is 2. The van der Waals surface area contributed by atoms with Gasteiger partial charge in [0.2, 0.25) is 0 Å². The van der Waals surface area contributed by atoms with Crippen LogP contribution >= 0.6 is 23.4 Å². The summed E-state index contributed by atoms with van der Waals surface area (Å²) in [5.41, 5.74) is 0. The summed E-state index contributed by atoms with van der Waals surface area (Å²) in [4.78, 5) is 1.32. The monoisotopic (exact) mass is 164 g/mol. The second-order valence-electron chi connectivity index (χ2n) is 1.74. The second kappa shape index (κ2) is 5.19. The molecule has 0 unspecified atom stereocenters. The van der Waals surface area contributed by atoms with Crippen LogP contribution in [0.5, 0.6) is 0 Å². The summed E-state index contributed by atoms with van der Waals surface area (Å²) in [6, 6.07) is 0. The molecule has 0 atom stereocenters. The van der Waals surface area contributed by atoms with Crippen molar-refractivity contribution in [2.45, 2.75) is 26.7 Å². The molecule has 0 saturated heterocycles. The standard InChI is InChI=1S/C7H13ClS/c1-4-6(8)7(5-2)9-3/h4-5H2,1-3H3. The molecule has 0 aromatic rings. The fourth-order valence-electron chi connectivity index (χ4n) is 0.644. The maximum absolute atomic E-state index is 5.89. The third-order valence-corrected chi connectivity index (χ3v) is 2.82. The van der Waals surface area contributed by atoms with Crippen LogP contribution < -0.4 is 0 Å². The Morgan fingerprint density at radius 3 is 2.00 bits per heavy atom. The molecular weight excluding hydrogens is 152 g/mol. The molecule has 2 heteroatoms. The first-order valence-electron chi connectivity index (χ1n) is 3.17. The zero-order valence-corrected chi connectivity index (χ0v) is 7.77. The highest BCUT2D eigenvalue weighted by Gasteiger charge is 1.96. The van der Waals surface area contributed by atoms with E-state index in [1.54, 1.807) is 11.8 Å². The highest BCUT2D eigenvalue weighted by atomic mass is 35.5. The average Bonchev–Trinajstić information content (AvgIpc) is 1.90. The molecule has 0 aromatic heterocycles. The summed E-state index contributed by atoms with van der Waals surface area (Å²) in [5, 5.41) is 1.02. The average molecular weight is 165 g/mol. The van der Waals surface area contributed by atoms with Gasteiger partial charge < -0.3 is 0 Å². The number of rotatable bonds is 3. The first-order chi connectivity index (χ1) is 4.26. The quantitative estimate of drug-likeness (QED) is 0.614. The summed E-state index contributed by atoms with van der Waals surface area (Å²) in [5.74, 6) is 0. The van der Waals surface area contributed by atoms with E-state index >= 15 is 0 Å². The summed E-state index contributed by atoms with van der Waals surface area (Å²) in [7, 11) is 0. The van der Waals surface area contributed by atoms with Crippen LogP contribution in [0, 0.1) is 0 Å². The van der Waals surface area contributed by atoms with Crippen LogP contribution in [0.2, 0.25) is 0 Å². The van der Waals surface area contributed by atoms with E-state index in [4.69, 9.17) is 11.6 Å². The van der Waals surface area contributed by atoms with Crippen LogP contribution in [0.4, 0.5) is 0 Å². The lowest BCUT2D eigenvalue weighted by Crippen LogP contribution is -1.76. The molecule has 54 valence electrons. The highest BCUT2D eigenvalue weighted by molar-refractivity contribution is 8.02. The van der Waals surface area contributed by atoms with Crippen LogP contribution in [-0.4, -0.2) is 6.26 Å². The number of hydrogen-bond donors (Lipinski definition) is 0. The highest BCUT2D eigenvalue weighted by Crippen LogP contribution is 2.24. The first kappa shape index (κ1) is 9.38. The maximum Gasteiger partial charge on any atom is 0.0272 e. The molecule has 0 saturated carbocycles. The van der Waals surface area contributed by atoms with Crippen LogP contribution in [0.3, 0.4) is 0 Å². The molecule has 0 aliphatic heterocycles. The molecule has 0 spiro atoms. The fourth-order valence-corrected chi connectivity index (χ4v) is 1.66. The van der Waals surface area contributed by atoms with Gasteiger partial charge in [0.15, 0.2) is 0 Å². The van der Waals surface area contributed by atoms with Gasteiger partial charge in [-0.3, -0.25) is 0 Å². The smallest absolute Gasteiger partial charge is 0.0272 e. The predicted molar refractivity (Wildman–Crippen MR) is 47.0 cm³/mol. The third kappa shape index (κ3) is 3.17. The van der Waals surface area contributed by atoms with E-state index in [1.165, 1.54) is 4.91 Å². The van der Waals surface area contributed by atoms with E-state index in [0.29, 0.717) is 0 Å². The minimum atomic E-state index is 0.964. The molecule has 0 nitrogen and oxygen atoms in total. The van der Waals surface area contributed by atoms with Crippen LogP contribution in [0.1, 0.15) is 26.7 Å². The van der Waals surface area contributed by atoms with E-state index < -0.39 is 0 Å². The Hall–Kier alpha value is 0.380. The van der Waals surface area contributed by atoms with E-state index in [0.717, 1.165) is 17.9 Å². The van der Waals surface area contributed by atoms with Gasteiger partial charge in [-0.25, -0.2) is 0 Å². The van der Waals surface area contributed by atoms with Crippen molar-refractivity contribution >= 4 is 23.4 Å². The molecule has 0 fully saturated rings. The van der Waals surface area contributed by atoms with Crippen molar-refractivity contribution in [3.63, 3.8) is 0 Å². The number of hydrogen-bond acceptors (Lipinski definition) is 1. The zero-order valence-electron chi connectivity index (χ0n) is 6.20. The molecule has 0 N–H and O–H groups in total. The second-order valence-corrected chi connectivity index (χ2v) is 3.10. The molecule has 0 aliphatic rings. The van der Waals surface area contributed by atoms with E-state index in [9.17, 15) is 0 Å². The van der Waals surface area contributed by atoms with E-state index in [1.807, 2.05) is 0 Å². The van der Waals surface area contributed by atoms with E-state index in [-0.39, 0.29) is 0 Å². The van der Waals surface area contributed by atoms with Crippen molar-refractivity contribution < 1.29 is 0 Å². The Morgan fingerprint density at radius 1 is 1.33 bits per heavy atom. The first-order valence-corrected chi connectivity index (χ1v) is 4.78. The molecule has 0 rings (SSSR count).